The van der Waals surface area contributed by atoms with Crippen LogP contribution in [0.3, 0.4) is 0 Å². The molecular weight excluding hydrogens is 357 g/mol. The Morgan fingerprint density at radius 3 is 3.04 bits per heavy atom. The van der Waals surface area contributed by atoms with Gasteiger partial charge in [0.05, 0.1) is 12.2 Å². The molecular formula is C18H18FN3O3S. The lowest BCUT2D eigenvalue weighted by atomic mass is 10.1. The second-order valence-electron chi connectivity index (χ2n) is 6.37. The molecule has 1 saturated heterocycles. The topological polar surface area (TPSA) is 71.5 Å². The molecule has 0 bridgehead atoms. The molecule has 2 amide bonds. The molecule has 0 radical (unpaired) electrons. The van der Waals surface area contributed by atoms with Crippen molar-refractivity contribution in [3.63, 3.8) is 0 Å². The van der Waals surface area contributed by atoms with Crippen molar-refractivity contribution in [1.82, 2.24) is 9.88 Å². The van der Waals surface area contributed by atoms with Crippen molar-refractivity contribution in [1.29, 1.82) is 0 Å². The first-order valence-corrected chi connectivity index (χ1v) is 9.38. The van der Waals surface area contributed by atoms with Gasteiger partial charge < -0.3 is 9.64 Å². The van der Waals surface area contributed by atoms with E-state index in [1.807, 2.05) is 0 Å². The summed E-state index contributed by atoms with van der Waals surface area (Å²) < 4.78 is 18.7. The molecule has 1 atom stereocenters. The number of carbonyl (C=O) groups is 2. The zero-order valence-corrected chi connectivity index (χ0v) is 14.9. The maximum Gasteiger partial charge on any atom is 0.255 e. The van der Waals surface area contributed by atoms with Gasteiger partial charge in [0.2, 0.25) is 0 Å². The Kier molecular flexibility index (Phi) is 4.69. The third-order valence-corrected chi connectivity index (χ3v) is 5.54. The van der Waals surface area contributed by atoms with Crippen LogP contribution < -0.4 is 5.32 Å². The molecule has 0 saturated carbocycles. The van der Waals surface area contributed by atoms with Crippen LogP contribution in [-0.2, 0) is 22.5 Å². The summed E-state index contributed by atoms with van der Waals surface area (Å²) in [5.41, 5.74) is 1.24. The monoisotopic (exact) mass is 375 g/mol. The van der Waals surface area contributed by atoms with Crippen LogP contribution in [0.15, 0.2) is 24.3 Å². The summed E-state index contributed by atoms with van der Waals surface area (Å²) in [6.45, 7) is 1.55. The number of hydrogen-bond donors (Lipinski definition) is 1. The number of hydrogen-bond acceptors (Lipinski definition) is 5. The highest BCUT2D eigenvalue weighted by Gasteiger charge is 2.28. The number of aromatic nitrogens is 1. The van der Waals surface area contributed by atoms with Crippen molar-refractivity contribution >= 4 is 28.3 Å². The van der Waals surface area contributed by atoms with E-state index in [9.17, 15) is 14.0 Å². The summed E-state index contributed by atoms with van der Waals surface area (Å²) in [7, 11) is 0. The van der Waals surface area contributed by atoms with E-state index in [-0.39, 0.29) is 11.8 Å². The van der Waals surface area contributed by atoms with Crippen LogP contribution in [0, 0.1) is 5.82 Å². The van der Waals surface area contributed by atoms with Crippen LogP contribution in [0.1, 0.15) is 33.8 Å². The van der Waals surface area contributed by atoms with Gasteiger partial charge in [-0.15, -0.1) is 0 Å². The van der Waals surface area contributed by atoms with Crippen molar-refractivity contribution < 1.29 is 18.7 Å². The fourth-order valence-corrected chi connectivity index (χ4v) is 4.22. The molecule has 0 spiro atoms. The minimum absolute atomic E-state index is 0.165. The molecule has 1 fully saturated rings. The van der Waals surface area contributed by atoms with Crippen LogP contribution in [0.2, 0.25) is 0 Å². The number of ether oxygens (including phenoxy) is 1. The molecule has 1 unspecified atom stereocenters. The summed E-state index contributed by atoms with van der Waals surface area (Å²) in [6, 6.07) is 5.71. The highest BCUT2D eigenvalue weighted by Crippen LogP contribution is 2.29. The number of thiazole rings is 1. The van der Waals surface area contributed by atoms with Crippen LogP contribution in [0.25, 0.3) is 0 Å². The van der Waals surface area contributed by atoms with E-state index < -0.39 is 11.9 Å². The van der Waals surface area contributed by atoms with Gasteiger partial charge >= 0.3 is 0 Å². The average Bonchev–Trinajstić information content (AvgIpc) is 3.29. The second kappa shape index (κ2) is 7.13. The predicted molar refractivity (Wildman–Crippen MR) is 94.6 cm³/mol. The van der Waals surface area contributed by atoms with E-state index in [1.54, 1.807) is 11.0 Å². The van der Waals surface area contributed by atoms with Crippen LogP contribution in [0.4, 0.5) is 9.52 Å². The molecule has 0 aliphatic carbocycles. The smallest absolute Gasteiger partial charge is 0.255 e. The summed E-state index contributed by atoms with van der Waals surface area (Å²) in [5, 5.41) is 3.35. The molecule has 3 heterocycles. The first-order valence-electron chi connectivity index (χ1n) is 8.56. The Hall–Kier alpha value is -2.32. The molecule has 8 heteroatoms. The molecule has 1 aromatic heterocycles. The Labute approximate surface area is 154 Å². The van der Waals surface area contributed by atoms with E-state index in [0.29, 0.717) is 36.8 Å². The van der Waals surface area contributed by atoms with E-state index in [2.05, 4.69) is 10.3 Å². The van der Waals surface area contributed by atoms with E-state index in [0.717, 1.165) is 23.4 Å². The lowest BCUT2D eigenvalue weighted by Gasteiger charge is -2.26. The number of halogens is 1. The molecule has 26 heavy (non-hydrogen) atoms. The number of nitrogens with one attached hydrogen (secondary N) is 1. The van der Waals surface area contributed by atoms with Gasteiger partial charge in [0.25, 0.3) is 11.8 Å². The zero-order valence-electron chi connectivity index (χ0n) is 14.0. The van der Waals surface area contributed by atoms with E-state index >= 15 is 0 Å². The normalized spacial score (nSPS) is 19.3. The predicted octanol–water partition coefficient (Wildman–Crippen LogP) is 2.60. The molecule has 2 aromatic rings. The van der Waals surface area contributed by atoms with Gasteiger partial charge in [0.1, 0.15) is 11.9 Å². The Morgan fingerprint density at radius 2 is 2.27 bits per heavy atom. The van der Waals surface area contributed by atoms with E-state index in [4.69, 9.17) is 4.74 Å². The van der Waals surface area contributed by atoms with Crippen molar-refractivity contribution in [3.8, 4) is 0 Å². The molecule has 136 valence electrons. The fourth-order valence-electron chi connectivity index (χ4n) is 3.20. The van der Waals surface area contributed by atoms with Gasteiger partial charge in [0.15, 0.2) is 5.13 Å². The number of carbonyl (C=O) groups excluding carboxylic acids is 2. The molecule has 1 N–H and O–H groups in total. The van der Waals surface area contributed by atoms with Crippen molar-refractivity contribution in [2.45, 2.75) is 31.9 Å². The number of anilines is 1. The van der Waals surface area contributed by atoms with Crippen LogP contribution in [-0.4, -0.2) is 41.0 Å². The van der Waals surface area contributed by atoms with Crippen molar-refractivity contribution in [3.05, 3.63) is 46.2 Å². The maximum absolute atomic E-state index is 13.4. The molecule has 2 aliphatic heterocycles. The average molecular weight is 375 g/mol. The molecule has 4 rings (SSSR count). The second-order valence-corrected chi connectivity index (χ2v) is 7.45. The highest BCUT2D eigenvalue weighted by molar-refractivity contribution is 7.15. The standard InChI is InChI=1S/C18H18FN3O3S/c19-12-4-1-3-11(9-12)17(24)22-7-6-13-15(10-22)26-18(20-13)21-16(23)14-5-2-8-25-14/h1,3-4,9,14H,2,5-8,10H2,(H,20,21,23). The molecule has 2 aliphatic rings. The largest absolute Gasteiger partial charge is 0.368 e. The Balaban J connectivity index is 1.44. The molecule has 6 nitrogen and oxygen atoms in total. The lowest BCUT2D eigenvalue weighted by molar-refractivity contribution is -0.124. The summed E-state index contributed by atoms with van der Waals surface area (Å²) in [4.78, 5) is 31.8. The van der Waals surface area contributed by atoms with Gasteiger partial charge in [-0.2, -0.15) is 0 Å². The van der Waals surface area contributed by atoms with Gasteiger partial charge in [-0.25, -0.2) is 9.37 Å². The zero-order chi connectivity index (χ0) is 18.1. The first-order chi connectivity index (χ1) is 12.6. The van der Waals surface area contributed by atoms with Gasteiger partial charge in [0, 0.05) is 30.0 Å². The van der Waals surface area contributed by atoms with Crippen molar-refractivity contribution in [2.75, 3.05) is 18.5 Å². The molecule has 1 aromatic carbocycles. The summed E-state index contributed by atoms with van der Waals surface area (Å²) >= 11 is 1.38. The van der Waals surface area contributed by atoms with Crippen LogP contribution >= 0.6 is 11.3 Å². The summed E-state index contributed by atoms with van der Waals surface area (Å²) in [6.07, 6.45) is 1.83. The van der Waals surface area contributed by atoms with Gasteiger partial charge in [-0.05, 0) is 31.0 Å². The minimum atomic E-state index is -0.425. The first kappa shape index (κ1) is 17.1. The Morgan fingerprint density at radius 1 is 1.38 bits per heavy atom. The Bertz CT molecular complexity index is 848. The fraction of sp³-hybridized carbons (Fsp3) is 0.389. The maximum atomic E-state index is 13.4. The number of nitrogens with zero attached hydrogens (tertiary/aromatic N) is 2. The van der Waals surface area contributed by atoms with Crippen molar-refractivity contribution in [2.24, 2.45) is 0 Å². The number of fused-ring (bicyclic) bond motifs is 1. The quantitative estimate of drug-likeness (QED) is 0.895. The van der Waals surface area contributed by atoms with Crippen LogP contribution in [0.5, 0.6) is 0 Å². The SMILES string of the molecule is O=C(Nc1nc2c(s1)CN(C(=O)c1cccc(F)c1)CC2)C1CCCO1. The highest BCUT2D eigenvalue weighted by atomic mass is 32.1. The lowest BCUT2D eigenvalue weighted by Crippen LogP contribution is -2.35. The third kappa shape index (κ3) is 3.47. The number of benzene rings is 1. The van der Waals surface area contributed by atoms with Gasteiger partial charge in [-0.1, -0.05) is 17.4 Å². The number of rotatable bonds is 3. The van der Waals surface area contributed by atoms with Gasteiger partial charge in [-0.3, -0.25) is 14.9 Å². The minimum Gasteiger partial charge on any atom is -0.368 e. The van der Waals surface area contributed by atoms with E-state index in [1.165, 1.54) is 29.5 Å². The number of amides is 2. The third-order valence-electron chi connectivity index (χ3n) is 4.54. The summed E-state index contributed by atoms with van der Waals surface area (Å²) in [5.74, 6) is -0.791.